The van der Waals surface area contributed by atoms with Crippen LogP contribution in [-0.4, -0.2) is 56.2 Å². The van der Waals surface area contributed by atoms with E-state index in [1.54, 1.807) is 0 Å². The number of carbonyl (C=O) groups is 1. The van der Waals surface area contributed by atoms with Crippen molar-refractivity contribution in [3.63, 3.8) is 0 Å². The Labute approximate surface area is 109 Å². The Morgan fingerprint density at radius 3 is 2.67 bits per heavy atom. The summed E-state index contributed by atoms with van der Waals surface area (Å²) in [5, 5.41) is 3.08. The monoisotopic (exact) mass is 255 g/mol. The molecule has 1 amide bonds. The Morgan fingerprint density at radius 2 is 2.06 bits per heavy atom. The summed E-state index contributed by atoms with van der Waals surface area (Å²) in [4.78, 5) is 14.0. The van der Waals surface area contributed by atoms with Gasteiger partial charge in [0.1, 0.15) is 0 Å². The number of carbonyl (C=O) groups excluding carboxylic acids is 1. The van der Waals surface area contributed by atoms with Crippen molar-refractivity contribution in [3.8, 4) is 0 Å². The number of hydrogen-bond acceptors (Lipinski definition) is 4. The minimum atomic E-state index is 0.132. The van der Waals surface area contributed by atoms with E-state index in [9.17, 15) is 4.79 Å². The first kappa shape index (κ1) is 13.8. The lowest BCUT2D eigenvalue weighted by atomic mass is 9.80. The number of amides is 1. The third-order valence-corrected chi connectivity index (χ3v) is 3.84. The fourth-order valence-corrected chi connectivity index (χ4v) is 2.80. The quantitative estimate of drug-likeness (QED) is 0.723. The summed E-state index contributed by atoms with van der Waals surface area (Å²) in [5.74, 6) is 0.814. The van der Waals surface area contributed by atoms with Gasteiger partial charge in [0.25, 0.3) is 0 Å². The molecule has 1 aliphatic heterocycles. The minimum Gasteiger partial charge on any atom is -0.381 e. The van der Waals surface area contributed by atoms with Crippen LogP contribution in [0.25, 0.3) is 0 Å². The standard InChI is InChI=1S/C13H25N3O2/c1-16(8-10-6-11(14)7-10)9-13(17)15-12-2-4-18-5-3-12/h10-12H,2-9,14H2,1H3,(H,15,17). The van der Waals surface area contributed by atoms with Crippen molar-refractivity contribution in [2.45, 2.75) is 37.8 Å². The molecule has 3 N–H and O–H groups in total. The van der Waals surface area contributed by atoms with Gasteiger partial charge in [-0.05, 0) is 38.6 Å². The first-order valence-corrected chi connectivity index (χ1v) is 6.94. The average Bonchev–Trinajstić information content (AvgIpc) is 2.28. The van der Waals surface area contributed by atoms with E-state index in [1.165, 1.54) is 0 Å². The van der Waals surface area contributed by atoms with Gasteiger partial charge in [-0.1, -0.05) is 0 Å². The van der Waals surface area contributed by atoms with Gasteiger partial charge in [0.15, 0.2) is 0 Å². The van der Waals surface area contributed by atoms with Gasteiger partial charge in [-0.15, -0.1) is 0 Å². The lowest BCUT2D eigenvalue weighted by Crippen LogP contribution is -2.46. The van der Waals surface area contributed by atoms with Crippen LogP contribution in [0.5, 0.6) is 0 Å². The van der Waals surface area contributed by atoms with Gasteiger partial charge in [0, 0.05) is 31.8 Å². The summed E-state index contributed by atoms with van der Waals surface area (Å²) in [6.45, 7) is 3.00. The molecule has 0 radical (unpaired) electrons. The van der Waals surface area contributed by atoms with Crippen LogP contribution in [0.1, 0.15) is 25.7 Å². The molecular formula is C13H25N3O2. The first-order chi connectivity index (χ1) is 8.63. The molecule has 0 unspecified atom stereocenters. The molecule has 2 aliphatic rings. The van der Waals surface area contributed by atoms with Crippen LogP contribution in [0.3, 0.4) is 0 Å². The van der Waals surface area contributed by atoms with Crippen LogP contribution in [0, 0.1) is 5.92 Å². The molecule has 0 bridgehead atoms. The zero-order chi connectivity index (χ0) is 13.0. The molecule has 2 fully saturated rings. The highest BCUT2D eigenvalue weighted by atomic mass is 16.5. The number of nitrogens with two attached hydrogens (primary N) is 1. The summed E-state index contributed by atoms with van der Waals surface area (Å²) in [6.07, 6.45) is 4.08. The Bertz CT molecular complexity index is 273. The van der Waals surface area contributed by atoms with E-state index in [4.69, 9.17) is 10.5 Å². The van der Waals surface area contributed by atoms with Gasteiger partial charge >= 0.3 is 0 Å². The Hall–Kier alpha value is -0.650. The number of nitrogens with one attached hydrogen (secondary N) is 1. The molecule has 5 nitrogen and oxygen atoms in total. The third-order valence-electron chi connectivity index (χ3n) is 3.84. The zero-order valence-electron chi connectivity index (χ0n) is 11.2. The second-order valence-corrected chi connectivity index (χ2v) is 5.75. The number of likely N-dealkylation sites (N-methyl/N-ethyl adjacent to an activating group) is 1. The van der Waals surface area contributed by atoms with Gasteiger partial charge in [-0.3, -0.25) is 9.69 Å². The second kappa shape index (κ2) is 6.50. The molecule has 0 aromatic carbocycles. The number of rotatable bonds is 5. The van der Waals surface area contributed by atoms with E-state index in [0.717, 1.165) is 45.4 Å². The molecule has 0 atom stereocenters. The van der Waals surface area contributed by atoms with Crippen molar-refractivity contribution in [1.82, 2.24) is 10.2 Å². The summed E-state index contributed by atoms with van der Waals surface area (Å²) < 4.78 is 5.27. The number of ether oxygens (including phenoxy) is 1. The van der Waals surface area contributed by atoms with Crippen molar-refractivity contribution in [1.29, 1.82) is 0 Å². The van der Waals surface area contributed by atoms with Crippen LogP contribution in [0.4, 0.5) is 0 Å². The van der Waals surface area contributed by atoms with E-state index in [1.807, 2.05) is 7.05 Å². The minimum absolute atomic E-state index is 0.132. The first-order valence-electron chi connectivity index (χ1n) is 6.94. The van der Waals surface area contributed by atoms with E-state index in [0.29, 0.717) is 24.5 Å². The summed E-state index contributed by atoms with van der Waals surface area (Å²) in [6, 6.07) is 0.691. The smallest absolute Gasteiger partial charge is 0.234 e. The maximum Gasteiger partial charge on any atom is 0.234 e. The predicted octanol–water partition coefficient (Wildman–Crippen LogP) is -0.0493. The molecular weight excluding hydrogens is 230 g/mol. The van der Waals surface area contributed by atoms with E-state index in [2.05, 4.69) is 10.2 Å². The molecule has 104 valence electrons. The predicted molar refractivity (Wildman–Crippen MR) is 70.2 cm³/mol. The average molecular weight is 255 g/mol. The van der Waals surface area contributed by atoms with Gasteiger partial charge in [0.05, 0.1) is 6.54 Å². The van der Waals surface area contributed by atoms with Crippen LogP contribution in [-0.2, 0) is 9.53 Å². The van der Waals surface area contributed by atoms with Gasteiger partial charge in [0.2, 0.25) is 5.91 Å². The molecule has 0 aromatic heterocycles. The molecule has 1 aliphatic carbocycles. The van der Waals surface area contributed by atoms with Gasteiger partial charge in [-0.25, -0.2) is 0 Å². The van der Waals surface area contributed by atoms with E-state index < -0.39 is 0 Å². The molecule has 1 saturated heterocycles. The highest BCUT2D eigenvalue weighted by Crippen LogP contribution is 2.25. The second-order valence-electron chi connectivity index (χ2n) is 5.75. The van der Waals surface area contributed by atoms with Crippen LogP contribution >= 0.6 is 0 Å². The number of nitrogens with zero attached hydrogens (tertiary/aromatic N) is 1. The summed E-state index contributed by atoms with van der Waals surface area (Å²) in [5.41, 5.74) is 5.76. The molecule has 18 heavy (non-hydrogen) atoms. The van der Waals surface area contributed by atoms with Crippen molar-refractivity contribution < 1.29 is 9.53 Å². The Morgan fingerprint density at radius 1 is 1.39 bits per heavy atom. The van der Waals surface area contributed by atoms with Crippen molar-refractivity contribution in [2.75, 3.05) is 33.4 Å². The molecule has 0 spiro atoms. The topological polar surface area (TPSA) is 67.6 Å². The fraction of sp³-hybridized carbons (Fsp3) is 0.923. The SMILES string of the molecule is CN(CC(=O)NC1CCOCC1)CC1CC(N)C1. The van der Waals surface area contributed by atoms with E-state index in [-0.39, 0.29) is 5.91 Å². The largest absolute Gasteiger partial charge is 0.381 e. The van der Waals surface area contributed by atoms with Crippen molar-refractivity contribution in [2.24, 2.45) is 11.7 Å². The van der Waals surface area contributed by atoms with Crippen molar-refractivity contribution >= 4 is 5.91 Å². The van der Waals surface area contributed by atoms with Crippen molar-refractivity contribution in [3.05, 3.63) is 0 Å². The molecule has 1 heterocycles. The zero-order valence-corrected chi connectivity index (χ0v) is 11.2. The Kier molecular flexibility index (Phi) is 4.97. The number of hydrogen-bond donors (Lipinski definition) is 2. The normalized spacial score (nSPS) is 29.1. The molecule has 0 aromatic rings. The molecule has 2 rings (SSSR count). The van der Waals surface area contributed by atoms with Gasteiger partial charge < -0.3 is 15.8 Å². The maximum atomic E-state index is 11.9. The highest BCUT2D eigenvalue weighted by Gasteiger charge is 2.27. The third kappa shape index (κ3) is 4.23. The fourth-order valence-electron chi connectivity index (χ4n) is 2.80. The Balaban J connectivity index is 1.60. The van der Waals surface area contributed by atoms with Gasteiger partial charge in [-0.2, -0.15) is 0 Å². The van der Waals surface area contributed by atoms with Crippen LogP contribution < -0.4 is 11.1 Å². The maximum absolute atomic E-state index is 11.9. The van der Waals surface area contributed by atoms with Crippen LogP contribution in [0.2, 0.25) is 0 Å². The molecule has 5 heteroatoms. The summed E-state index contributed by atoms with van der Waals surface area (Å²) in [7, 11) is 2.01. The van der Waals surface area contributed by atoms with Crippen LogP contribution in [0.15, 0.2) is 0 Å². The lowest BCUT2D eigenvalue weighted by Gasteiger charge is -2.35. The van der Waals surface area contributed by atoms with E-state index >= 15 is 0 Å². The highest BCUT2D eigenvalue weighted by molar-refractivity contribution is 5.78. The lowest BCUT2D eigenvalue weighted by molar-refractivity contribution is -0.123. The molecule has 1 saturated carbocycles. The summed E-state index contributed by atoms with van der Waals surface area (Å²) >= 11 is 0.